The quantitative estimate of drug-likeness (QED) is 0.424. The molecule has 0 spiro atoms. The average Bonchev–Trinajstić information content (AvgIpc) is 1.57. The van der Waals surface area contributed by atoms with Gasteiger partial charge in [0.1, 0.15) is 7.85 Å². The van der Waals surface area contributed by atoms with Crippen molar-refractivity contribution in [3.05, 3.63) is 22.9 Å². The number of dihydropyridines is 1. The van der Waals surface area contributed by atoms with Gasteiger partial charge in [-0.25, -0.2) is 0 Å². The van der Waals surface area contributed by atoms with Gasteiger partial charge in [-0.15, -0.1) is 0 Å². The Balaban J connectivity index is 2.41. The summed E-state index contributed by atoms with van der Waals surface area (Å²) in [5, 5.41) is 3.14. The van der Waals surface area contributed by atoms with Gasteiger partial charge in [0.25, 0.3) is 0 Å². The lowest BCUT2D eigenvalue weighted by Crippen LogP contribution is -2.46. The van der Waals surface area contributed by atoms with Gasteiger partial charge in [-0.2, -0.15) is 0 Å². The van der Waals surface area contributed by atoms with Crippen LogP contribution in [0.1, 0.15) is 6.42 Å². The molecule has 0 aromatic heterocycles. The molecule has 1 aliphatic carbocycles. The number of allylic oxidation sites excluding steroid dienone is 1. The maximum Gasteiger partial charge on any atom is 0.110 e. The lowest BCUT2D eigenvalue weighted by molar-refractivity contribution is 0.500. The number of fused-ring (bicyclic) bond motifs is 1. The van der Waals surface area contributed by atoms with Crippen LogP contribution in [0.25, 0.3) is 0 Å². The molecule has 0 saturated carbocycles. The van der Waals surface area contributed by atoms with Gasteiger partial charge in [0, 0.05) is 23.9 Å². The highest BCUT2D eigenvalue weighted by atomic mass is 15.0. The maximum absolute atomic E-state index is 5.59. The Kier molecular flexibility index (Phi) is 0.745. The second-order valence-corrected chi connectivity index (χ2v) is 2.48. The molecular weight excluding hydrogens is 111 g/mol. The molecule has 2 heterocycles. The summed E-state index contributed by atoms with van der Waals surface area (Å²) in [5.41, 5.74) is 8.38. The van der Waals surface area contributed by atoms with Crippen molar-refractivity contribution in [3.63, 3.8) is 0 Å². The largest absolute Gasteiger partial charge is 0.397 e. The number of hydrogen-bond acceptors (Lipinski definition) is 2. The van der Waals surface area contributed by atoms with Crippen molar-refractivity contribution in [1.29, 1.82) is 0 Å². The smallest absolute Gasteiger partial charge is 0.110 e. The van der Waals surface area contributed by atoms with Gasteiger partial charge >= 0.3 is 0 Å². The Bertz CT molecular complexity index is 209. The van der Waals surface area contributed by atoms with Crippen LogP contribution in [0.3, 0.4) is 0 Å². The van der Waals surface area contributed by atoms with Gasteiger partial charge in [-0.05, 0) is 6.08 Å². The van der Waals surface area contributed by atoms with Gasteiger partial charge in [-0.1, -0.05) is 5.47 Å². The van der Waals surface area contributed by atoms with Gasteiger partial charge in [0.05, 0.1) is 0 Å². The van der Waals surface area contributed by atoms with E-state index >= 15 is 0 Å². The fraction of sp³-hybridized carbons (Fsp3) is 0.333. The zero-order valence-electron chi connectivity index (χ0n) is 5.02. The molecule has 0 amide bonds. The van der Waals surface area contributed by atoms with Gasteiger partial charge in [-0.3, -0.25) is 0 Å². The van der Waals surface area contributed by atoms with E-state index in [9.17, 15) is 0 Å². The van der Waals surface area contributed by atoms with Crippen LogP contribution in [0.2, 0.25) is 0 Å². The second kappa shape index (κ2) is 1.35. The van der Waals surface area contributed by atoms with E-state index in [1.807, 2.05) is 6.08 Å². The van der Waals surface area contributed by atoms with Crippen LogP contribution in [-0.2, 0) is 0 Å². The monoisotopic (exact) mass is 118 g/mol. The highest BCUT2D eigenvalue weighted by molar-refractivity contribution is 6.23. The van der Waals surface area contributed by atoms with E-state index in [4.69, 9.17) is 13.6 Å². The first-order valence-corrected chi connectivity index (χ1v) is 2.99. The molecule has 9 heavy (non-hydrogen) atoms. The number of hydrogen-bond donors (Lipinski definition) is 2. The van der Waals surface area contributed by atoms with Crippen LogP contribution in [0.4, 0.5) is 0 Å². The molecule has 2 nitrogen and oxygen atoms in total. The van der Waals surface area contributed by atoms with E-state index in [1.54, 1.807) is 0 Å². The summed E-state index contributed by atoms with van der Waals surface area (Å²) in [6, 6.07) is 0.382. The first-order valence-electron chi connectivity index (χ1n) is 2.99. The zero-order chi connectivity index (χ0) is 6.43. The van der Waals surface area contributed by atoms with E-state index in [0.29, 0.717) is 6.04 Å². The van der Waals surface area contributed by atoms with Crippen molar-refractivity contribution in [2.45, 2.75) is 12.5 Å². The van der Waals surface area contributed by atoms with Crippen LogP contribution in [0, 0.1) is 0 Å². The molecule has 2 aliphatic heterocycles. The molecule has 3 rings (SSSR count). The van der Waals surface area contributed by atoms with Crippen LogP contribution >= 0.6 is 0 Å². The summed E-state index contributed by atoms with van der Waals surface area (Å²) < 4.78 is 0. The predicted molar refractivity (Wildman–Crippen MR) is 36.6 cm³/mol. The zero-order valence-corrected chi connectivity index (χ0v) is 5.02. The number of nitrogens with one attached hydrogen (secondary N) is 1. The molecule has 3 N–H and O–H groups in total. The normalized spacial score (nSPS) is 30.7. The summed E-state index contributed by atoms with van der Waals surface area (Å²) in [7, 11) is 5.59. The molecule has 0 aromatic rings. The molecule has 1 atom stereocenters. The third kappa shape index (κ3) is 0.516. The Hall–Kier alpha value is -0.855. The molecule has 3 heteroatoms. The van der Waals surface area contributed by atoms with Crippen LogP contribution in [0.15, 0.2) is 22.9 Å². The lowest BCUT2D eigenvalue weighted by Gasteiger charge is -2.38. The highest BCUT2D eigenvalue weighted by Crippen LogP contribution is 2.27. The molecule has 0 aromatic carbocycles. The third-order valence-corrected chi connectivity index (χ3v) is 1.83. The molecule has 44 valence electrons. The van der Waals surface area contributed by atoms with Crippen molar-refractivity contribution in [3.8, 4) is 0 Å². The minimum Gasteiger partial charge on any atom is -0.397 e. The molecule has 1 fully saturated rings. The van der Waals surface area contributed by atoms with Crippen LogP contribution in [-0.4, -0.2) is 13.9 Å². The summed E-state index contributed by atoms with van der Waals surface area (Å²) in [6.07, 6.45) is 2.84. The van der Waals surface area contributed by atoms with Crippen molar-refractivity contribution in [2.75, 3.05) is 0 Å². The van der Waals surface area contributed by atoms with E-state index in [-0.39, 0.29) is 0 Å². The molecule has 1 unspecified atom stereocenters. The first kappa shape index (κ1) is 4.97. The summed E-state index contributed by atoms with van der Waals surface area (Å²) >= 11 is 0. The predicted octanol–water partition coefficient (Wildman–Crippen LogP) is -0.415. The summed E-state index contributed by atoms with van der Waals surface area (Å²) in [6.45, 7) is 0. The van der Waals surface area contributed by atoms with Crippen molar-refractivity contribution < 1.29 is 0 Å². The maximum atomic E-state index is 5.59. The first-order chi connectivity index (χ1) is 4.27. The number of nitrogens with two attached hydrogens (primary N) is 1. The molecule has 2 bridgehead atoms. The lowest BCUT2D eigenvalue weighted by atomic mass is 9.77. The van der Waals surface area contributed by atoms with E-state index in [1.165, 1.54) is 0 Å². The fourth-order valence-corrected chi connectivity index (χ4v) is 1.16. The van der Waals surface area contributed by atoms with Crippen molar-refractivity contribution >= 4 is 7.85 Å². The van der Waals surface area contributed by atoms with Crippen molar-refractivity contribution in [2.24, 2.45) is 5.73 Å². The fourth-order valence-electron chi connectivity index (χ4n) is 1.16. The molecule has 2 radical (unpaired) electrons. The molecular formula is C6H7BN2. The minimum atomic E-state index is 0.382. The highest BCUT2D eigenvalue weighted by Gasteiger charge is 2.28. The Morgan fingerprint density at radius 2 is 2.44 bits per heavy atom. The summed E-state index contributed by atoms with van der Waals surface area (Å²) in [4.78, 5) is 0. The van der Waals surface area contributed by atoms with Gasteiger partial charge < -0.3 is 11.1 Å². The average molecular weight is 118 g/mol. The number of rotatable bonds is 0. The van der Waals surface area contributed by atoms with Gasteiger partial charge in [0.2, 0.25) is 0 Å². The van der Waals surface area contributed by atoms with Crippen molar-refractivity contribution in [1.82, 2.24) is 5.32 Å². The molecule has 1 saturated heterocycles. The van der Waals surface area contributed by atoms with Gasteiger partial charge in [0.15, 0.2) is 0 Å². The topological polar surface area (TPSA) is 38.0 Å². The molecule has 3 aliphatic rings. The Morgan fingerprint density at radius 3 is 2.78 bits per heavy atom. The SMILES string of the molecule is [B]C1=CC(N)=C2CC1N2. The Morgan fingerprint density at radius 1 is 1.78 bits per heavy atom. The van der Waals surface area contributed by atoms with Crippen LogP contribution < -0.4 is 11.1 Å². The second-order valence-electron chi connectivity index (χ2n) is 2.48. The third-order valence-electron chi connectivity index (χ3n) is 1.83. The van der Waals surface area contributed by atoms with E-state index < -0.39 is 0 Å². The summed E-state index contributed by atoms with van der Waals surface area (Å²) in [5.74, 6) is 0. The standard InChI is InChI=1S/C6H7BN2/c7-3-1-4(8)6-2-5(3)9-6/h1,5,9H,2,8H2. The minimum absolute atomic E-state index is 0.382. The Labute approximate surface area is 55.2 Å². The van der Waals surface area contributed by atoms with Crippen LogP contribution in [0.5, 0.6) is 0 Å². The van der Waals surface area contributed by atoms with E-state index in [2.05, 4.69) is 5.32 Å². The van der Waals surface area contributed by atoms with E-state index in [0.717, 1.165) is 23.3 Å².